The average Bonchev–Trinajstić information content (AvgIpc) is 2.84. The molecule has 0 aliphatic carbocycles. The molecule has 21 heavy (non-hydrogen) atoms. The molecular weight excluding hydrogens is 300 g/mol. The first kappa shape index (κ1) is 16.5. The second-order valence-corrected chi connectivity index (χ2v) is 7.15. The third kappa shape index (κ3) is 4.31. The Kier molecular flexibility index (Phi) is 6.26. The SMILES string of the molecule is CCNc1nc(SCCN(CC)CC)c2cc(C)sc2n1. The lowest BCUT2D eigenvalue weighted by Gasteiger charge is -2.17. The summed E-state index contributed by atoms with van der Waals surface area (Å²) in [5.74, 6) is 1.81. The summed E-state index contributed by atoms with van der Waals surface area (Å²) < 4.78 is 0. The number of aryl methyl sites for hydroxylation is 1. The largest absolute Gasteiger partial charge is 0.354 e. The number of thiophene rings is 1. The molecule has 0 radical (unpaired) electrons. The average molecular weight is 325 g/mol. The molecule has 2 rings (SSSR count). The van der Waals surface area contributed by atoms with Gasteiger partial charge in [-0.3, -0.25) is 0 Å². The molecule has 2 heterocycles. The molecule has 0 aliphatic rings. The zero-order valence-corrected chi connectivity index (χ0v) is 14.9. The van der Waals surface area contributed by atoms with Gasteiger partial charge in [0.05, 0.1) is 0 Å². The van der Waals surface area contributed by atoms with Crippen LogP contribution in [0.1, 0.15) is 25.6 Å². The van der Waals surface area contributed by atoms with Crippen LogP contribution in [0.5, 0.6) is 0 Å². The molecule has 4 nitrogen and oxygen atoms in total. The minimum atomic E-state index is 0.747. The zero-order valence-electron chi connectivity index (χ0n) is 13.3. The van der Waals surface area contributed by atoms with Gasteiger partial charge in [-0.25, -0.2) is 9.97 Å². The first-order valence-corrected chi connectivity index (χ1v) is 9.35. The summed E-state index contributed by atoms with van der Waals surface area (Å²) >= 11 is 3.58. The molecule has 0 saturated heterocycles. The molecule has 0 spiro atoms. The van der Waals surface area contributed by atoms with Gasteiger partial charge >= 0.3 is 0 Å². The van der Waals surface area contributed by atoms with Crippen molar-refractivity contribution >= 4 is 39.3 Å². The van der Waals surface area contributed by atoms with Gasteiger partial charge in [-0.05, 0) is 33.0 Å². The van der Waals surface area contributed by atoms with E-state index >= 15 is 0 Å². The van der Waals surface area contributed by atoms with Crippen molar-refractivity contribution < 1.29 is 0 Å². The van der Waals surface area contributed by atoms with Crippen LogP contribution in [0.2, 0.25) is 0 Å². The van der Waals surface area contributed by atoms with E-state index in [1.165, 1.54) is 10.3 Å². The van der Waals surface area contributed by atoms with E-state index in [9.17, 15) is 0 Å². The Labute approximate surface area is 135 Å². The Hall–Kier alpha value is -0.850. The van der Waals surface area contributed by atoms with Crippen LogP contribution in [0.15, 0.2) is 11.1 Å². The van der Waals surface area contributed by atoms with Crippen LogP contribution in [0.4, 0.5) is 5.95 Å². The number of thioether (sulfide) groups is 1. The first-order valence-electron chi connectivity index (χ1n) is 7.55. The van der Waals surface area contributed by atoms with Gasteiger partial charge in [0.25, 0.3) is 0 Å². The van der Waals surface area contributed by atoms with E-state index in [0.717, 1.165) is 47.7 Å². The molecule has 6 heteroatoms. The molecule has 2 aromatic heterocycles. The molecule has 0 bridgehead atoms. The van der Waals surface area contributed by atoms with Crippen molar-refractivity contribution in [2.24, 2.45) is 0 Å². The van der Waals surface area contributed by atoms with E-state index in [2.05, 4.69) is 53.9 Å². The highest BCUT2D eigenvalue weighted by molar-refractivity contribution is 7.99. The molecule has 116 valence electrons. The highest BCUT2D eigenvalue weighted by atomic mass is 32.2. The monoisotopic (exact) mass is 324 g/mol. The second-order valence-electron chi connectivity index (χ2n) is 4.83. The first-order chi connectivity index (χ1) is 10.2. The Balaban J connectivity index is 2.16. The maximum Gasteiger partial charge on any atom is 0.225 e. The van der Waals surface area contributed by atoms with Crippen LogP contribution < -0.4 is 5.32 Å². The van der Waals surface area contributed by atoms with Crippen molar-refractivity contribution in [2.75, 3.05) is 37.2 Å². The van der Waals surface area contributed by atoms with Gasteiger partial charge in [0.1, 0.15) is 9.86 Å². The summed E-state index contributed by atoms with van der Waals surface area (Å²) in [7, 11) is 0. The van der Waals surface area contributed by atoms with Gasteiger partial charge in [0, 0.05) is 29.1 Å². The van der Waals surface area contributed by atoms with Crippen molar-refractivity contribution in [3.05, 3.63) is 10.9 Å². The fourth-order valence-electron chi connectivity index (χ4n) is 2.17. The van der Waals surface area contributed by atoms with Gasteiger partial charge in [0.15, 0.2) is 0 Å². The molecule has 0 unspecified atom stereocenters. The summed E-state index contributed by atoms with van der Waals surface area (Å²) in [5, 5.41) is 5.53. The number of aromatic nitrogens is 2. The smallest absolute Gasteiger partial charge is 0.225 e. The number of rotatable bonds is 8. The molecule has 0 aliphatic heterocycles. The third-order valence-corrected chi connectivity index (χ3v) is 5.27. The number of hydrogen-bond donors (Lipinski definition) is 1. The Morgan fingerprint density at radius 3 is 2.67 bits per heavy atom. The van der Waals surface area contributed by atoms with E-state index < -0.39 is 0 Å². The van der Waals surface area contributed by atoms with Crippen molar-refractivity contribution in [3.63, 3.8) is 0 Å². The Morgan fingerprint density at radius 2 is 2.00 bits per heavy atom. The quantitative estimate of drug-likeness (QED) is 0.590. The lowest BCUT2D eigenvalue weighted by atomic mass is 10.4. The van der Waals surface area contributed by atoms with Crippen LogP contribution in [-0.4, -0.2) is 46.8 Å². The van der Waals surface area contributed by atoms with Gasteiger partial charge in [-0.15, -0.1) is 23.1 Å². The van der Waals surface area contributed by atoms with Crippen LogP contribution in [0.25, 0.3) is 10.2 Å². The summed E-state index contributed by atoms with van der Waals surface area (Å²) in [6, 6.07) is 2.20. The predicted octanol–water partition coefficient (Wildman–Crippen LogP) is 3.87. The zero-order chi connectivity index (χ0) is 15.2. The maximum absolute atomic E-state index is 4.68. The van der Waals surface area contributed by atoms with Crippen molar-refractivity contribution in [1.82, 2.24) is 14.9 Å². The summed E-state index contributed by atoms with van der Waals surface area (Å²) in [6.45, 7) is 12.8. The number of nitrogens with one attached hydrogen (secondary N) is 1. The highest BCUT2D eigenvalue weighted by Gasteiger charge is 2.11. The van der Waals surface area contributed by atoms with Crippen molar-refractivity contribution in [3.8, 4) is 0 Å². The van der Waals surface area contributed by atoms with Gasteiger partial charge in [0.2, 0.25) is 5.95 Å². The summed E-state index contributed by atoms with van der Waals surface area (Å²) in [6.07, 6.45) is 0. The maximum atomic E-state index is 4.68. The lowest BCUT2D eigenvalue weighted by Crippen LogP contribution is -2.25. The molecule has 2 aromatic rings. The van der Waals surface area contributed by atoms with Crippen LogP contribution >= 0.6 is 23.1 Å². The standard InChI is InChI=1S/C15H24N4S2/c1-5-16-15-17-13(20-9-8-19(6-2)7-3)12-10-11(4)21-14(12)18-15/h10H,5-9H2,1-4H3,(H,16,17,18). The number of hydrogen-bond acceptors (Lipinski definition) is 6. The predicted molar refractivity (Wildman–Crippen MR) is 94.8 cm³/mol. The molecule has 0 aromatic carbocycles. The van der Waals surface area contributed by atoms with Crippen LogP contribution in [0, 0.1) is 6.92 Å². The molecule has 0 fully saturated rings. The molecule has 0 saturated carbocycles. The van der Waals surface area contributed by atoms with Crippen LogP contribution in [0.3, 0.4) is 0 Å². The number of anilines is 1. The van der Waals surface area contributed by atoms with Crippen LogP contribution in [-0.2, 0) is 0 Å². The fraction of sp³-hybridized carbons (Fsp3) is 0.600. The Bertz CT molecular complexity index is 578. The summed E-state index contributed by atoms with van der Waals surface area (Å²) in [5.41, 5.74) is 0. The fourth-order valence-corrected chi connectivity index (χ4v) is 4.12. The Morgan fingerprint density at radius 1 is 1.24 bits per heavy atom. The molecular formula is C15H24N4S2. The van der Waals surface area contributed by atoms with Crippen molar-refractivity contribution in [2.45, 2.75) is 32.7 Å². The van der Waals surface area contributed by atoms with E-state index in [-0.39, 0.29) is 0 Å². The van der Waals surface area contributed by atoms with E-state index in [0.29, 0.717) is 0 Å². The highest BCUT2D eigenvalue weighted by Crippen LogP contribution is 2.32. The van der Waals surface area contributed by atoms with Gasteiger partial charge in [-0.2, -0.15) is 0 Å². The van der Waals surface area contributed by atoms with E-state index in [1.807, 2.05) is 11.8 Å². The number of fused-ring (bicyclic) bond motifs is 1. The molecule has 1 N–H and O–H groups in total. The lowest BCUT2D eigenvalue weighted by molar-refractivity contribution is 0.324. The second kappa shape index (κ2) is 7.96. The minimum Gasteiger partial charge on any atom is -0.354 e. The van der Waals surface area contributed by atoms with Gasteiger partial charge in [-0.1, -0.05) is 13.8 Å². The normalized spacial score (nSPS) is 11.5. The minimum absolute atomic E-state index is 0.747. The van der Waals surface area contributed by atoms with Crippen molar-refractivity contribution in [1.29, 1.82) is 0 Å². The van der Waals surface area contributed by atoms with E-state index in [1.54, 1.807) is 11.3 Å². The van der Waals surface area contributed by atoms with Gasteiger partial charge < -0.3 is 10.2 Å². The molecule has 0 atom stereocenters. The van der Waals surface area contributed by atoms with E-state index in [4.69, 9.17) is 0 Å². The topological polar surface area (TPSA) is 41.1 Å². The molecule has 0 amide bonds. The third-order valence-electron chi connectivity index (χ3n) is 3.36. The number of nitrogens with zero attached hydrogens (tertiary/aromatic N) is 3. The summed E-state index contributed by atoms with van der Waals surface area (Å²) in [4.78, 5) is 14.1.